The number of allylic oxidation sites excluding steroid dienone is 1. The molecule has 0 spiro atoms. The third-order valence-electron chi connectivity index (χ3n) is 6.29. The van der Waals surface area contributed by atoms with Crippen molar-refractivity contribution in [3.63, 3.8) is 0 Å². The molecular formula is C29H31ClN2O5S. The highest BCUT2D eigenvalue weighted by atomic mass is 35.5. The molecule has 2 aliphatic rings. The SMILES string of the molecule is C=CCc1cc(/C=C2\SC(=O)N(CC(=O)N3CCCCC3)C2=O)cc(OCC)c1OCc1ccc(Cl)cc1. The van der Waals surface area contributed by atoms with Crippen molar-refractivity contribution in [3.05, 3.63) is 75.7 Å². The quantitative estimate of drug-likeness (QED) is 0.261. The van der Waals surface area contributed by atoms with Crippen LogP contribution in [-0.4, -0.2) is 53.1 Å². The number of benzene rings is 2. The van der Waals surface area contributed by atoms with Crippen molar-refractivity contribution in [2.24, 2.45) is 0 Å². The Hall–Kier alpha value is -3.23. The molecule has 0 radical (unpaired) electrons. The Morgan fingerprint density at radius 1 is 1.11 bits per heavy atom. The van der Waals surface area contributed by atoms with Crippen LogP contribution < -0.4 is 9.47 Å². The maximum atomic E-state index is 13.1. The van der Waals surface area contributed by atoms with Crippen molar-refractivity contribution < 1.29 is 23.9 Å². The van der Waals surface area contributed by atoms with Crippen LogP contribution in [0.3, 0.4) is 0 Å². The summed E-state index contributed by atoms with van der Waals surface area (Å²) < 4.78 is 12.1. The smallest absolute Gasteiger partial charge is 0.294 e. The number of halogens is 1. The summed E-state index contributed by atoms with van der Waals surface area (Å²) in [6.45, 7) is 7.60. The third kappa shape index (κ3) is 6.79. The molecule has 0 N–H and O–H groups in total. The number of piperidine rings is 1. The summed E-state index contributed by atoms with van der Waals surface area (Å²) in [7, 11) is 0. The molecule has 2 aromatic carbocycles. The maximum Gasteiger partial charge on any atom is 0.294 e. The van der Waals surface area contributed by atoms with Gasteiger partial charge in [-0.2, -0.15) is 0 Å². The van der Waals surface area contributed by atoms with Crippen LogP contribution >= 0.6 is 23.4 Å². The Bertz CT molecular complexity index is 1240. The van der Waals surface area contributed by atoms with E-state index in [0.717, 1.165) is 47.1 Å². The average Bonchev–Trinajstić information content (AvgIpc) is 3.17. The standard InChI is InChI=1S/C29H31ClN2O5S/c1-3-8-22-15-21(16-24(36-4-2)27(22)37-19-20-9-11-23(30)12-10-20)17-25-28(34)32(29(35)38-25)18-26(33)31-13-6-5-7-14-31/h3,9-12,15-17H,1,4-8,13-14,18-19H2,2H3/b25-17-. The zero-order valence-electron chi connectivity index (χ0n) is 21.4. The molecular weight excluding hydrogens is 524 g/mol. The predicted molar refractivity (Wildman–Crippen MR) is 150 cm³/mol. The highest BCUT2D eigenvalue weighted by molar-refractivity contribution is 8.18. The number of likely N-dealkylation sites (tertiary alicyclic amines) is 1. The van der Waals surface area contributed by atoms with E-state index in [1.165, 1.54) is 0 Å². The molecule has 2 heterocycles. The first-order valence-corrected chi connectivity index (χ1v) is 13.9. The van der Waals surface area contributed by atoms with Crippen LogP contribution in [0.25, 0.3) is 6.08 Å². The van der Waals surface area contributed by atoms with E-state index in [2.05, 4.69) is 6.58 Å². The first-order valence-electron chi connectivity index (χ1n) is 12.7. The van der Waals surface area contributed by atoms with E-state index in [1.807, 2.05) is 37.3 Å². The molecule has 38 heavy (non-hydrogen) atoms. The second-order valence-corrected chi connectivity index (χ2v) is 10.5. The molecule has 0 aromatic heterocycles. The van der Waals surface area contributed by atoms with Gasteiger partial charge in [-0.15, -0.1) is 6.58 Å². The Labute approximate surface area is 232 Å². The van der Waals surface area contributed by atoms with Gasteiger partial charge in [0.05, 0.1) is 11.5 Å². The number of hydrogen-bond donors (Lipinski definition) is 0. The van der Waals surface area contributed by atoms with Crippen molar-refractivity contribution in [1.82, 2.24) is 9.80 Å². The summed E-state index contributed by atoms with van der Waals surface area (Å²) in [6, 6.07) is 11.1. The number of nitrogens with zero attached hydrogens (tertiary/aromatic N) is 2. The highest BCUT2D eigenvalue weighted by Gasteiger charge is 2.37. The summed E-state index contributed by atoms with van der Waals surface area (Å²) in [4.78, 5) is 41.4. The number of amides is 3. The molecule has 2 saturated heterocycles. The zero-order chi connectivity index (χ0) is 27.1. The van der Waals surface area contributed by atoms with Crippen LogP contribution in [0, 0.1) is 0 Å². The second-order valence-electron chi connectivity index (χ2n) is 9.06. The summed E-state index contributed by atoms with van der Waals surface area (Å²) in [5, 5.41) is 0.214. The first kappa shape index (κ1) is 27.8. The molecule has 4 rings (SSSR count). The van der Waals surface area contributed by atoms with Crippen molar-refractivity contribution in [2.45, 2.75) is 39.2 Å². The number of carbonyl (C=O) groups excluding carboxylic acids is 3. The van der Waals surface area contributed by atoms with E-state index < -0.39 is 11.1 Å². The molecule has 0 aliphatic carbocycles. The van der Waals surface area contributed by atoms with E-state index in [-0.39, 0.29) is 17.4 Å². The monoisotopic (exact) mass is 554 g/mol. The molecule has 3 amide bonds. The molecule has 2 aromatic rings. The number of carbonyl (C=O) groups is 3. The molecule has 200 valence electrons. The summed E-state index contributed by atoms with van der Waals surface area (Å²) in [5.74, 6) is 0.477. The van der Waals surface area contributed by atoms with Crippen LogP contribution in [0.5, 0.6) is 11.5 Å². The molecule has 0 saturated carbocycles. The van der Waals surface area contributed by atoms with Crippen molar-refractivity contribution in [1.29, 1.82) is 0 Å². The lowest BCUT2D eigenvalue weighted by Gasteiger charge is -2.27. The minimum Gasteiger partial charge on any atom is -0.490 e. The van der Waals surface area contributed by atoms with Crippen molar-refractivity contribution in [3.8, 4) is 11.5 Å². The van der Waals surface area contributed by atoms with Gasteiger partial charge < -0.3 is 14.4 Å². The van der Waals surface area contributed by atoms with Crippen LogP contribution in [0.1, 0.15) is 42.9 Å². The lowest BCUT2D eigenvalue weighted by molar-refractivity contribution is -0.136. The minimum atomic E-state index is -0.461. The number of hydrogen-bond acceptors (Lipinski definition) is 6. The van der Waals surface area contributed by atoms with Crippen LogP contribution in [0.4, 0.5) is 4.79 Å². The normalized spacial score (nSPS) is 16.7. The number of thioether (sulfide) groups is 1. The number of ether oxygens (including phenoxy) is 2. The first-order chi connectivity index (χ1) is 18.4. The van der Waals surface area contributed by atoms with Gasteiger partial charge in [0.15, 0.2) is 11.5 Å². The van der Waals surface area contributed by atoms with E-state index >= 15 is 0 Å². The van der Waals surface area contributed by atoms with Crippen LogP contribution in [0.15, 0.2) is 54.0 Å². The fourth-order valence-corrected chi connectivity index (χ4v) is 5.37. The molecule has 9 heteroatoms. The van der Waals surface area contributed by atoms with E-state index in [9.17, 15) is 14.4 Å². The van der Waals surface area contributed by atoms with Gasteiger partial charge in [0.25, 0.3) is 11.1 Å². The van der Waals surface area contributed by atoms with Crippen LogP contribution in [0.2, 0.25) is 5.02 Å². The Kier molecular flexibility index (Phi) is 9.53. The van der Waals surface area contributed by atoms with Crippen LogP contribution in [-0.2, 0) is 22.6 Å². The summed E-state index contributed by atoms with van der Waals surface area (Å²) in [6.07, 6.45) is 6.93. The van der Waals surface area contributed by atoms with E-state index in [4.69, 9.17) is 21.1 Å². The Morgan fingerprint density at radius 2 is 1.84 bits per heavy atom. The highest BCUT2D eigenvalue weighted by Crippen LogP contribution is 2.38. The van der Waals surface area contributed by atoms with Gasteiger partial charge in [0.2, 0.25) is 5.91 Å². The van der Waals surface area contributed by atoms with Crippen molar-refractivity contribution in [2.75, 3.05) is 26.2 Å². The third-order valence-corrected chi connectivity index (χ3v) is 7.45. The average molecular weight is 555 g/mol. The summed E-state index contributed by atoms with van der Waals surface area (Å²) in [5.41, 5.74) is 2.49. The molecule has 2 fully saturated rings. The van der Waals surface area contributed by atoms with Gasteiger partial charge >= 0.3 is 0 Å². The Balaban J connectivity index is 1.56. The topological polar surface area (TPSA) is 76.2 Å². The van der Waals surface area contributed by atoms with Gasteiger partial charge in [-0.3, -0.25) is 19.3 Å². The van der Waals surface area contributed by atoms with E-state index in [1.54, 1.807) is 23.1 Å². The molecule has 0 bridgehead atoms. The predicted octanol–water partition coefficient (Wildman–Crippen LogP) is 6.10. The van der Waals surface area contributed by atoms with Gasteiger partial charge in [0, 0.05) is 23.7 Å². The lowest BCUT2D eigenvalue weighted by Crippen LogP contribution is -2.44. The number of imide groups is 1. The van der Waals surface area contributed by atoms with Gasteiger partial charge in [-0.1, -0.05) is 29.8 Å². The van der Waals surface area contributed by atoms with Gasteiger partial charge in [0.1, 0.15) is 13.2 Å². The largest absolute Gasteiger partial charge is 0.490 e. The Morgan fingerprint density at radius 3 is 2.53 bits per heavy atom. The second kappa shape index (κ2) is 13.0. The fourth-order valence-electron chi connectivity index (χ4n) is 4.40. The minimum absolute atomic E-state index is 0.192. The molecule has 7 nitrogen and oxygen atoms in total. The summed E-state index contributed by atoms with van der Waals surface area (Å²) >= 11 is 6.83. The molecule has 0 atom stereocenters. The fraction of sp³-hybridized carbons (Fsp3) is 0.345. The maximum absolute atomic E-state index is 13.1. The zero-order valence-corrected chi connectivity index (χ0v) is 23.0. The lowest BCUT2D eigenvalue weighted by atomic mass is 10.0. The van der Waals surface area contributed by atoms with Gasteiger partial charge in [-0.25, -0.2) is 0 Å². The molecule has 0 unspecified atom stereocenters. The molecule has 2 aliphatic heterocycles. The van der Waals surface area contributed by atoms with E-state index in [0.29, 0.717) is 54.8 Å². The number of rotatable bonds is 10. The van der Waals surface area contributed by atoms with Gasteiger partial charge in [-0.05, 0) is 85.8 Å². The van der Waals surface area contributed by atoms with Crippen molar-refractivity contribution >= 4 is 46.5 Å².